The predicted octanol–water partition coefficient (Wildman–Crippen LogP) is 2.26. The third kappa shape index (κ3) is 2.01. The van der Waals surface area contributed by atoms with Crippen molar-refractivity contribution in [2.75, 3.05) is 5.73 Å². The third-order valence-corrected chi connectivity index (χ3v) is 2.61. The molecule has 16 heavy (non-hydrogen) atoms. The summed E-state index contributed by atoms with van der Waals surface area (Å²) in [5.74, 6) is 1.19. The maximum absolute atomic E-state index is 5.78. The lowest BCUT2D eigenvalue weighted by Gasteiger charge is -2.09. The van der Waals surface area contributed by atoms with Crippen LogP contribution in [0.4, 0.5) is 5.69 Å². The van der Waals surface area contributed by atoms with Gasteiger partial charge < -0.3 is 10.5 Å². The minimum absolute atomic E-state index is 0.480. The van der Waals surface area contributed by atoms with Crippen molar-refractivity contribution in [3.05, 3.63) is 28.6 Å². The first kappa shape index (κ1) is 10.9. The molecule has 0 aliphatic carbocycles. The van der Waals surface area contributed by atoms with E-state index in [2.05, 4.69) is 26.0 Å². The van der Waals surface area contributed by atoms with Gasteiger partial charge in [-0.2, -0.15) is 5.10 Å². The van der Waals surface area contributed by atoms with Gasteiger partial charge in [0.25, 0.3) is 0 Å². The van der Waals surface area contributed by atoms with Gasteiger partial charge in [-0.3, -0.25) is 4.98 Å². The number of anilines is 1. The molecule has 0 unspecified atom stereocenters. The van der Waals surface area contributed by atoms with E-state index in [9.17, 15) is 0 Å². The maximum atomic E-state index is 5.78. The quantitative estimate of drug-likeness (QED) is 0.918. The molecule has 0 spiro atoms. The summed E-state index contributed by atoms with van der Waals surface area (Å²) in [6, 6.07) is 1.84. The zero-order valence-electron chi connectivity index (χ0n) is 8.94. The molecule has 0 atom stereocenters. The molecule has 2 rings (SSSR count). The van der Waals surface area contributed by atoms with E-state index >= 15 is 0 Å². The molecule has 0 aromatic carbocycles. The molecule has 5 nitrogen and oxygen atoms in total. The molecule has 2 heterocycles. The largest absolute Gasteiger partial charge is 0.436 e. The predicted molar refractivity (Wildman–Crippen MR) is 64.4 cm³/mol. The van der Waals surface area contributed by atoms with Gasteiger partial charge in [-0.1, -0.05) is 0 Å². The Morgan fingerprint density at radius 1 is 1.44 bits per heavy atom. The molecule has 6 heteroatoms. The van der Waals surface area contributed by atoms with Crippen molar-refractivity contribution in [3.8, 4) is 11.6 Å². The number of nitrogens with two attached hydrogens (primary N) is 1. The molecular formula is C10H11BrN4O. The second kappa shape index (κ2) is 4.13. The third-order valence-electron chi connectivity index (χ3n) is 2.05. The maximum Gasteiger partial charge on any atom is 0.217 e. The summed E-state index contributed by atoms with van der Waals surface area (Å²) in [7, 11) is 1.81. The number of rotatable bonds is 2. The average Bonchev–Trinajstić information content (AvgIpc) is 2.51. The Labute approximate surface area is 101 Å². The highest BCUT2D eigenvalue weighted by atomic mass is 79.9. The molecule has 0 aliphatic rings. The Hall–Kier alpha value is -1.56. The SMILES string of the molecule is Cc1cc(Oc2c(N)cncc2Br)n(C)n1. The zero-order chi connectivity index (χ0) is 11.7. The van der Waals surface area contributed by atoms with E-state index in [1.807, 2.05) is 20.0 Å². The fourth-order valence-corrected chi connectivity index (χ4v) is 1.76. The molecule has 0 aliphatic heterocycles. The summed E-state index contributed by atoms with van der Waals surface area (Å²) >= 11 is 3.34. The van der Waals surface area contributed by atoms with E-state index in [1.54, 1.807) is 17.1 Å². The van der Waals surface area contributed by atoms with Crippen molar-refractivity contribution >= 4 is 21.6 Å². The Balaban J connectivity index is 2.37. The van der Waals surface area contributed by atoms with Gasteiger partial charge in [0.15, 0.2) is 5.75 Å². The highest BCUT2D eigenvalue weighted by molar-refractivity contribution is 9.10. The molecule has 2 aromatic heterocycles. The molecule has 0 saturated heterocycles. The van der Waals surface area contributed by atoms with Crippen LogP contribution in [-0.2, 0) is 7.05 Å². The number of hydrogen-bond donors (Lipinski definition) is 1. The fourth-order valence-electron chi connectivity index (χ4n) is 1.33. The van der Waals surface area contributed by atoms with Crippen LogP contribution in [0.2, 0.25) is 0 Å². The normalized spacial score (nSPS) is 10.4. The monoisotopic (exact) mass is 282 g/mol. The Kier molecular flexibility index (Phi) is 2.82. The number of nitrogen functional groups attached to an aromatic ring is 1. The molecule has 0 saturated carbocycles. The minimum Gasteiger partial charge on any atom is -0.436 e. The van der Waals surface area contributed by atoms with Crippen LogP contribution in [0.15, 0.2) is 22.9 Å². The topological polar surface area (TPSA) is 66.0 Å². The van der Waals surface area contributed by atoms with Crippen molar-refractivity contribution in [2.24, 2.45) is 7.05 Å². The summed E-state index contributed by atoms with van der Waals surface area (Å²) in [4.78, 5) is 3.94. The van der Waals surface area contributed by atoms with Crippen LogP contribution in [0, 0.1) is 6.92 Å². The van der Waals surface area contributed by atoms with Gasteiger partial charge in [-0.25, -0.2) is 4.68 Å². The number of nitrogens with zero attached hydrogens (tertiary/aromatic N) is 3. The Morgan fingerprint density at radius 3 is 2.75 bits per heavy atom. The average molecular weight is 283 g/mol. The highest BCUT2D eigenvalue weighted by Gasteiger charge is 2.10. The molecule has 0 amide bonds. The van der Waals surface area contributed by atoms with Gasteiger partial charge >= 0.3 is 0 Å². The van der Waals surface area contributed by atoms with Crippen molar-refractivity contribution in [1.82, 2.24) is 14.8 Å². The van der Waals surface area contributed by atoms with Crippen LogP contribution in [-0.4, -0.2) is 14.8 Å². The lowest BCUT2D eigenvalue weighted by molar-refractivity contribution is 0.429. The second-order valence-electron chi connectivity index (χ2n) is 3.39. The van der Waals surface area contributed by atoms with E-state index in [4.69, 9.17) is 10.5 Å². The van der Waals surface area contributed by atoms with Crippen LogP contribution < -0.4 is 10.5 Å². The van der Waals surface area contributed by atoms with Crippen LogP contribution in [0.5, 0.6) is 11.6 Å². The first-order valence-electron chi connectivity index (χ1n) is 4.65. The highest BCUT2D eigenvalue weighted by Crippen LogP contribution is 2.33. The van der Waals surface area contributed by atoms with Gasteiger partial charge in [-0.05, 0) is 22.9 Å². The Bertz CT molecular complexity index is 503. The second-order valence-corrected chi connectivity index (χ2v) is 4.24. The summed E-state index contributed by atoms with van der Waals surface area (Å²) < 4.78 is 8.05. The van der Waals surface area contributed by atoms with Crippen LogP contribution in [0.1, 0.15) is 5.69 Å². The fraction of sp³-hybridized carbons (Fsp3) is 0.200. The molecule has 0 bridgehead atoms. The van der Waals surface area contributed by atoms with Crippen LogP contribution in [0.25, 0.3) is 0 Å². The van der Waals surface area contributed by atoms with E-state index in [0.717, 1.165) is 5.69 Å². The summed E-state index contributed by atoms with van der Waals surface area (Å²) in [6.45, 7) is 1.90. The first-order chi connectivity index (χ1) is 7.58. The number of aryl methyl sites for hydroxylation is 2. The summed E-state index contributed by atoms with van der Waals surface area (Å²) in [6.07, 6.45) is 3.18. The Morgan fingerprint density at radius 2 is 2.19 bits per heavy atom. The number of aromatic nitrogens is 3. The first-order valence-corrected chi connectivity index (χ1v) is 5.44. The number of ether oxygens (including phenoxy) is 1. The van der Waals surface area contributed by atoms with Crippen molar-refractivity contribution in [1.29, 1.82) is 0 Å². The van der Waals surface area contributed by atoms with Gasteiger partial charge in [-0.15, -0.1) is 0 Å². The minimum atomic E-state index is 0.480. The molecule has 2 N–H and O–H groups in total. The van der Waals surface area contributed by atoms with E-state index in [1.165, 1.54) is 0 Å². The van der Waals surface area contributed by atoms with Crippen LogP contribution >= 0.6 is 15.9 Å². The smallest absolute Gasteiger partial charge is 0.217 e. The molecule has 0 radical (unpaired) electrons. The van der Waals surface area contributed by atoms with Gasteiger partial charge in [0.2, 0.25) is 5.88 Å². The summed E-state index contributed by atoms with van der Waals surface area (Å²) in [5, 5.41) is 4.19. The number of halogens is 1. The molecule has 0 fully saturated rings. The van der Waals surface area contributed by atoms with E-state index < -0.39 is 0 Å². The number of hydrogen-bond acceptors (Lipinski definition) is 4. The van der Waals surface area contributed by atoms with E-state index in [-0.39, 0.29) is 0 Å². The van der Waals surface area contributed by atoms with E-state index in [0.29, 0.717) is 21.8 Å². The van der Waals surface area contributed by atoms with Crippen molar-refractivity contribution in [2.45, 2.75) is 6.92 Å². The zero-order valence-corrected chi connectivity index (χ0v) is 10.5. The van der Waals surface area contributed by atoms with Gasteiger partial charge in [0.1, 0.15) is 0 Å². The molecule has 2 aromatic rings. The van der Waals surface area contributed by atoms with Gasteiger partial charge in [0.05, 0.1) is 22.1 Å². The lowest BCUT2D eigenvalue weighted by atomic mass is 10.4. The van der Waals surface area contributed by atoms with Crippen molar-refractivity contribution < 1.29 is 4.74 Å². The van der Waals surface area contributed by atoms with Gasteiger partial charge in [0, 0.05) is 19.3 Å². The molecule has 84 valence electrons. The molecular weight excluding hydrogens is 272 g/mol. The van der Waals surface area contributed by atoms with Crippen molar-refractivity contribution in [3.63, 3.8) is 0 Å². The number of pyridine rings is 1. The van der Waals surface area contributed by atoms with Crippen LogP contribution in [0.3, 0.4) is 0 Å². The lowest BCUT2D eigenvalue weighted by Crippen LogP contribution is -1.98. The summed E-state index contributed by atoms with van der Waals surface area (Å²) in [5.41, 5.74) is 7.15. The standard InChI is InChI=1S/C10H11BrN4O/c1-6-3-9(15(2)14-6)16-10-7(11)4-13-5-8(10)12/h3-5H,12H2,1-2H3.